The summed E-state index contributed by atoms with van der Waals surface area (Å²) in [5.74, 6) is 0.707. The SMILES string of the molecule is c1ccc(-c2cccc(-n3c4ccc5c6c4c4c3cccc4n3c4ccccc4c4ccc(c6c43)n5-c3ccc(-c4nc(-c5cccc6sc7ccccc7c56)c5c(ccc6ccccc65)n4)c4ccccc34)c2)cc1. The number of thiophene rings is 1. The number of aromatic nitrogens is 5. The Balaban J connectivity index is 0.930. The molecular weight excluding hydrogens is 943 g/mol. The van der Waals surface area contributed by atoms with E-state index in [1.165, 1.54) is 108 Å². The summed E-state index contributed by atoms with van der Waals surface area (Å²) < 4.78 is 10.1. The van der Waals surface area contributed by atoms with E-state index in [0.717, 1.165) is 55.3 Å². The van der Waals surface area contributed by atoms with E-state index in [2.05, 4.69) is 250 Å². The quantitative estimate of drug-likeness (QED) is 0.161. The zero-order valence-corrected chi connectivity index (χ0v) is 41.5. The Bertz CT molecular complexity index is 5480. The van der Waals surface area contributed by atoms with E-state index in [4.69, 9.17) is 9.97 Å². The number of benzene rings is 12. The van der Waals surface area contributed by atoms with Crippen molar-refractivity contribution in [2.45, 2.75) is 0 Å². The van der Waals surface area contributed by atoms with Crippen molar-refractivity contribution in [3.63, 3.8) is 0 Å². The monoisotopic (exact) mass is 981 g/mol. The van der Waals surface area contributed by atoms with Gasteiger partial charge in [0, 0.05) is 80.1 Å². The fourth-order valence-corrected chi connectivity index (χ4v) is 14.6. The number of nitrogens with zero attached hydrogens (tertiary/aromatic N) is 5. The Morgan fingerprint density at radius 2 is 0.987 bits per heavy atom. The van der Waals surface area contributed by atoms with Gasteiger partial charge in [0.25, 0.3) is 0 Å². The zero-order chi connectivity index (χ0) is 49.3. The minimum absolute atomic E-state index is 0.707. The highest BCUT2D eigenvalue weighted by Gasteiger charge is 2.29. The van der Waals surface area contributed by atoms with Gasteiger partial charge < -0.3 is 13.5 Å². The van der Waals surface area contributed by atoms with Gasteiger partial charge in [0.05, 0.1) is 55.5 Å². The molecule has 0 aliphatic rings. The minimum Gasteiger partial charge on any atom is -0.309 e. The van der Waals surface area contributed by atoms with E-state index in [1.807, 2.05) is 11.3 Å². The predicted molar refractivity (Wildman–Crippen MR) is 321 cm³/mol. The number of hydrogen-bond acceptors (Lipinski definition) is 3. The van der Waals surface area contributed by atoms with Crippen LogP contribution in [0.4, 0.5) is 0 Å². The third-order valence-corrected chi connectivity index (χ3v) is 17.7. The lowest BCUT2D eigenvalue weighted by atomic mass is 9.96. The van der Waals surface area contributed by atoms with Crippen molar-refractivity contribution < 1.29 is 0 Å². The van der Waals surface area contributed by atoms with Crippen LogP contribution in [-0.2, 0) is 0 Å². The molecule has 0 N–H and O–H groups in total. The molecule has 0 bridgehead atoms. The average Bonchev–Trinajstić information content (AvgIpc) is 4.25. The Kier molecular flexibility index (Phi) is 7.95. The van der Waals surface area contributed by atoms with Gasteiger partial charge in [-0.05, 0) is 106 Å². The van der Waals surface area contributed by atoms with Crippen molar-refractivity contribution in [1.82, 2.24) is 23.5 Å². The number of hydrogen-bond donors (Lipinski definition) is 0. The highest BCUT2D eigenvalue weighted by molar-refractivity contribution is 7.26. The van der Waals surface area contributed by atoms with E-state index in [9.17, 15) is 0 Å². The summed E-state index contributed by atoms with van der Waals surface area (Å²) in [6, 6.07) is 86.9. The molecule has 0 amide bonds. The van der Waals surface area contributed by atoms with Crippen molar-refractivity contribution in [2.75, 3.05) is 0 Å². The highest BCUT2D eigenvalue weighted by atomic mass is 32.1. The molecule has 0 unspecified atom stereocenters. The van der Waals surface area contributed by atoms with Crippen molar-refractivity contribution in [3.8, 4) is 45.1 Å². The maximum absolute atomic E-state index is 5.73. The molecule has 76 heavy (non-hydrogen) atoms. The van der Waals surface area contributed by atoms with Gasteiger partial charge in [-0.25, -0.2) is 9.97 Å². The highest BCUT2D eigenvalue weighted by Crippen LogP contribution is 2.51. The van der Waals surface area contributed by atoms with Gasteiger partial charge in [-0.3, -0.25) is 0 Å². The number of para-hydroxylation sites is 1. The van der Waals surface area contributed by atoms with E-state index in [-0.39, 0.29) is 0 Å². The van der Waals surface area contributed by atoms with Crippen molar-refractivity contribution in [3.05, 3.63) is 237 Å². The molecule has 18 aromatic rings. The van der Waals surface area contributed by atoms with Gasteiger partial charge in [0.1, 0.15) is 0 Å². The van der Waals surface area contributed by atoms with Crippen LogP contribution >= 0.6 is 11.3 Å². The first-order chi connectivity index (χ1) is 37.7. The number of rotatable bonds is 5. The van der Waals surface area contributed by atoms with Crippen LogP contribution in [0.3, 0.4) is 0 Å². The Morgan fingerprint density at radius 3 is 1.89 bits per heavy atom. The van der Waals surface area contributed by atoms with Gasteiger partial charge in [-0.1, -0.05) is 158 Å². The van der Waals surface area contributed by atoms with Crippen molar-refractivity contribution in [1.29, 1.82) is 0 Å². The molecule has 6 heterocycles. The van der Waals surface area contributed by atoms with Crippen LogP contribution in [0.1, 0.15) is 0 Å². The van der Waals surface area contributed by atoms with E-state index < -0.39 is 0 Å². The summed E-state index contributed by atoms with van der Waals surface area (Å²) in [5.41, 5.74) is 17.0. The van der Waals surface area contributed by atoms with Crippen LogP contribution in [0.15, 0.2) is 237 Å². The molecule has 0 spiro atoms. The zero-order valence-electron chi connectivity index (χ0n) is 40.7. The molecule has 0 saturated carbocycles. The summed E-state index contributed by atoms with van der Waals surface area (Å²) in [6.07, 6.45) is 0. The number of fused-ring (bicyclic) bond motifs is 11. The predicted octanol–water partition coefficient (Wildman–Crippen LogP) is 18.9. The molecule has 0 aliphatic heterocycles. The molecule has 18 rings (SSSR count). The maximum Gasteiger partial charge on any atom is 0.161 e. The van der Waals surface area contributed by atoms with Crippen LogP contribution < -0.4 is 0 Å². The molecule has 5 nitrogen and oxygen atoms in total. The Labute approximate surface area is 437 Å². The van der Waals surface area contributed by atoms with Crippen LogP contribution in [0.25, 0.3) is 169 Å². The van der Waals surface area contributed by atoms with Gasteiger partial charge in [-0.15, -0.1) is 11.3 Å². The standard InChI is InChI=1S/C70H39N5S/c1-2-15-40(16-3-1)42-18-12-19-43(39-42)73-55-27-14-28-56-64(55)65-57(73)37-38-58-66(65)67-59(36-32-48-47-23-8-10-26-53(47)75(56)69(48)67)74(58)54-35-33-49(45-21-6-7-22-46(45)54)70-71-52-34-31-41-17-4-5-20-44(41)63(52)68(72-70)51-25-13-30-61-62(51)50-24-9-11-29-60(50)76-61/h1-39H. The van der Waals surface area contributed by atoms with E-state index in [0.29, 0.717) is 5.82 Å². The molecule has 0 radical (unpaired) electrons. The van der Waals surface area contributed by atoms with E-state index in [1.54, 1.807) is 0 Å². The molecule has 0 aliphatic carbocycles. The summed E-state index contributed by atoms with van der Waals surface area (Å²) in [6.45, 7) is 0. The second kappa shape index (κ2) is 14.9. The second-order valence-electron chi connectivity index (χ2n) is 20.4. The molecule has 350 valence electrons. The topological polar surface area (TPSA) is 40.0 Å². The van der Waals surface area contributed by atoms with Gasteiger partial charge in [0.15, 0.2) is 5.82 Å². The third-order valence-electron chi connectivity index (χ3n) is 16.5. The molecule has 12 aromatic carbocycles. The second-order valence-corrected chi connectivity index (χ2v) is 21.4. The first-order valence-corrected chi connectivity index (χ1v) is 26.8. The lowest BCUT2D eigenvalue weighted by Gasteiger charge is -2.16. The molecule has 0 saturated heterocycles. The van der Waals surface area contributed by atoms with Crippen LogP contribution in [0.2, 0.25) is 0 Å². The first-order valence-electron chi connectivity index (χ1n) is 26.0. The van der Waals surface area contributed by atoms with Crippen molar-refractivity contribution >= 4 is 135 Å². The molecule has 0 fully saturated rings. The smallest absolute Gasteiger partial charge is 0.161 e. The maximum atomic E-state index is 5.73. The van der Waals surface area contributed by atoms with E-state index >= 15 is 0 Å². The normalized spacial score (nSPS) is 12.5. The average molecular weight is 982 g/mol. The van der Waals surface area contributed by atoms with Gasteiger partial charge >= 0.3 is 0 Å². The molecule has 6 heteroatoms. The summed E-state index contributed by atoms with van der Waals surface area (Å²) >= 11 is 1.84. The van der Waals surface area contributed by atoms with Gasteiger partial charge in [0.2, 0.25) is 0 Å². The molecular formula is C70H39N5S. The van der Waals surface area contributed by atoms with Crippen LogP contribution in [0, 0.1) is 0 Å². The minimum atomic E-state index is 0.707. The third kappa shape index (κ3) is 5.27. The van der Waals surface area contributed by atoms with Crippen LogP contribution in [0.5, 0.6) is 0 Å². The Hall–Kier alpha value is -9.88. The van der Waals surface area contributed by atoms with Crippen LogP contribution in [-0.4, -0.2) is 23.5 Å². The van der Waals surface area contributed by atoms with Crippen molar-refractivity contribution in [2.24, 2.45) is 0 Å². The largest absolute Gasteiger partial charge is 0.309 e. The molecule has 0 atom stereocenters. The summed E-state index contributed by atoms with van der Waals surface area (Å²) in [4.78, 5) is 11.2. The lowest BCUT2D eigenvalue weighted by Crippen LogP contribution is -1.99. The Morgan fingerprint density at radius 1 is 0.329 bits per heavy atom. The summed E-state index contributed by atoms with van der Waals surface area (Å²) in [7, 11) is 0. The fraction of sp³-hybridized carbons (Fsp3) is 0. The first kappa shape index (κ1) is 40.6. The van der Waals surface area contributed by atoms with Gasteiger partial charge in [-0.2, -0.15) is 0 Å². The summed E-state index contributed by atoms with van der Waals surface area (Å²) in [5, 5.41) is 15.7. The fourth-order valence-electron chi connectivity index (χ4n) is 13.5. The molecule has 6 aromatic heterocycles. The lowest BCUT2D eigenvalue weighted by molar-refractivity contribution is 1.18.